The van der Waals surface area contributed by atoms with Gasteiger partial charge in [-0.15, -0.1) is 0 Å². The van der Waals surface area contributed by atoms with Crippen molar-refractivity contribution >= 4 is 21.6 Å². The van der Waals surface area contributed by atoms with Crippen LogP contribution in [0.2, 0.25) is 5.15 Å². The van der Waals surface area contributed by atoms with E-state index in [0.29, 0.717) is 11.5 Å². The van der Waals surface area contributed by atoms with Gasteiger partial charge in [0, 0.05) is 18.0 Å². The number of sulfonamides is 1. The topological polar surface area (TPSA) is 130 Å². The van der Waals surface area contributed by atoms with Crippen LogP contribution in [0.25, 0.3) is 22.9 Å². The lowest BCUT2D eigenvalue weighted by atomic mass is 10.1. The average Bonchev–Trinajstić information content (AvgIpc) is 2.80. The summed E-state index contributed by atoms with van der Waals surface area (Å²) in [5.41, 5.74) is 0.282. The first-order valence-corrected chi connectivity index (χ1v) is 11.1. The molecule has 2 N–H and O–H groups in total. The Hall–Kier alpha value is -3.60. The summed E-state index contributed by atoms with van der Waals surface area (Å²) in [6.45, 7) is 0. The number of rotatable bonds is 6. The highest BCUT2D eigenvalue weighted by atomic mass is 35.5. The Morgan fingerprint density at radius 3 is 2.22 bits per heavy atom. The lowest BCUT2D eigenvalue weighted by Crippen LogP contribution is -2.14. The fourth-order valence-corrected chi connectivity index (χ4v) is 3.88. The Labute approximate surface area is 188 Å². The third-order valence-corrected chi connectivity index (χ3v) is 5.54. The molecule has 0 aliphatic carbocycles. The molecule has 0 atom stereocenters. The van der Waals surface area contributed by atoms with Crippen molar-refractivity contribution in [1.82, 2.24) is 19.9 Å². The number of benzene rings is 2. The standard InChI is InChI=1S/C21H16ClN5O4S/c1-30-14-8-3-4-9-15(14)31-18-17(13-7-2-5-10-16(13)32(23,28)29)26-21(27-19(18)22)20-24-11-6-12-25-20/h2-12H,1H3,(H2,23,28,29). The van der Waals surface area contributed by atoms with Gasteiger partial charge in [0.2, 0.25) is 10.0 Å². The molecular weight excluding hydrogens is 454 g/mol. The Kier molecular flexibility index (Phi) is 5.99. The van der Waals surface area contributed by atoms with Crippen molar-refractivity contribution < 1.29 is 17.9 Å². The van der Waals surface area contributed by atoms with Crippen molar-refractivity contribution in [2.24, 2.45) is 5.14 Å². The molecule has 9 nitrogen and oxygen atoms in total. The molecule has 0 bridgehead atoms. The molecule has 2 aromatic heterocycles. The largest absolute Gasteiger partial charge is 0.493 e. The van der Waals surface area contributed by atoms with Crippen LogP contribution in [0.4, 0.5) is 0 Å². The zero-order valence-corrected chi connectivity index (χ0v) is 18.2. The monoisotopic (exact) mass is 469 g/mol. The molecule has 2 heterocycles. The van der Waals surface area contributed by atoms with E-state index in [0.717, 1.165) is 0 Å². The molecule has 0 amide bonds. The van der Waals surface area contributed by atoms with Crippen LogP contribution >= 0.6 is 11.6 Å². The highest BCUT2D eigenvalue weighted by Gasteiger charge is 2.24. The molecule has 2 aromatic carbocycles. The third kappa shape index (κ3) is 4.37. The summed E-state index contributed by atoms with van der Waals surface area (Å²) in [5, 5.41) is 5.36. The maximum Gasteiger partial charge on any atom is 0.238 e. The van der Waals surface area contributed by atoms with Gasteiger partial charge in [-0.1, -0.05) is 41.9 Å². The second kappa shape index (κ2) is 8.87. The summed E-state index contributed by atoms with van der Waals surface area (Å²) in [4.78, 5) is 16.9. The molecule has 162 valence electrons. The normalized spacial score (nSPS) is 11.2. The number of hydrogen-bond acceptors (Lipinski definition) is 8. The van der Waals surface area contributed by atoms with Crippen LogP contribution in [0.1, 0.15) is 0 Å². The minimum atomic E-state index is -4.09. The van der Waals surface area contributed by atoms with Crippen molar-refractivity contribution in [3.63, 3.8) is 0 Å². The van der Waals surface area contributed by atoms with E-state index in [1.807, 2.05) is 0 Å². The van der Waals surface area contributed by atoms with Gasteiger partial charge in [0.05, 0.1) is 12.0 Å². The molecule has 32 heavy (non-hydrogen) atoms. The van der Waals surface area contributed by atoms with Crippen LogP contribution in [0.3, 0.4) is 0 Å². The van der Waals surface area contributed by atoms with E-state index in [4.69, 9.17) is 26.2 Å². The van der Waals surface area contributed by atoms with Gasteiger partial charge in [0.1, 0.15) is 5.69 Å². The number of hydrogen-bond donors (Lipinski definition) is 1. The minimum absolute atomic E-state index is 0.0203. The molecule has 4 rings (SSSR count). The van der Waals surface area contributed by atoms with Crippen LogP contribution in [-0.2, 0) is 10.0 Å². The highest BCUT2D eigenvalue weighted by molar-refractivity contribution is 7.89. The minimum Gasteiger partial charge on any atom is -0.493 e. The van der Waals surface area contributed by atoms with Crippen LogP contribution in [-0.4, -0.2) is 35.5 Å². The molecule has 11 heteroatoms. The molecule has 0 aliphatic rings. The first-order valence-electron chi connectivity index (χ1n) is 9.16. The molecule has 0 saturated carbocycles. The summed E-state index contributed by atoms with van der Waals surface area (Å²) in [5.74, 6) is 1.07. The van der Waals surface area contributed by atoms with Crippen molar-refractivity contribution in [1.29, 1.82) is 0 Å². The molecule has 0 spiro atoms. The number of primary sulfonamides is 1. The maximum absolute atomic E-state index is 12.3. The van der Waals surface area contributed by atoms with Crippen molar-refractivity contribution in [3.8, 4) is 40.2 Å². The van der Waals surface area contributed by atoms with Gasteiger partial charge in [-0.05, 0) is 24.3 Å². The van der Waals surface area contributed by atoms with Gasteiger partial charge in [-0.25, -0.2) is 33.5 Å². The number of para-hydroxylation sites is 2. The summed E-state index contributed by atoms with van der Waals surface area (Å²) in [7, 11) is -2.60. The SMILES string of the molecule is COc1ccccc1Oc1c(Cl)nc(-c2ncccn2)nc1-c1ccccc1S(N)(=O)=O. The van der Waals surface area contributed by atoms with Gasteiger partial charge in [-0.2, -0.15) is 0 Å². The predicted molar refractivity (Wildman–Crippen MR) is 118 cm³/mol. The lowest BCUT2D eigenvalue weighted by Gasteiger charge is -2.16. The second-order valence-corrected chi connectivity index (χ2v) is 8.27. The van der Waals surface area contributed by atoms with Gasteiger partial charge >= 0.3 is 0 Å². The summed E-state index contributed by atoms with van der Waals surface area (Å²) >= 11 is 6.49. The number of aromatic nitrogens is 4. The van der Waals surface area contributed by atoms with E-state index in [2.05, 4.69) is 19.9 Å². The Morgan fingerprint density at radius 2 is 1.53 bits per heavy atom. The van der Waals surface area contributed by atoms with E-state index < -0.39 is 10.0 Å². The molecule has 0 aliphatic heterocycles. The third-order valence-electron chi connectivity index (χ3n) is 4.32. The fourth-order valence-electron chi connectivity index (χ4n) is 2.93. The smallest absolute Gasteiger partial charge is 0.238 e. The van der Waals surface area contributed by atoms with E-state index in [1.165, 1.54) is 25.6 Å². The summed E-state index contributed by atoms with van der Waals surface area (Å²) in [6.07, 6.45) is 3.05. The zero-order valence-electron chi connectivity index (χ0n) is 16.6. The van der Waals surface area contributed by atoms with Crippen LogP contribution in [0.5, 0.6) is 17.2 Å². The molecular formula is C21H16ClN5O4S. The lowest BCUT2D eigenvalue weighted by molar-refractivity contribution is 0.378. The number of ether oxygens (including phenoxy) is 2. The van der Waals surface area contributed by atoms with Crippen LogP contribution in [0.15, 0.2) is 71.9 Å². The maximum atomic E-state index is 12.3. The van der Waals surface area contributed by atoms with Crippen molar-refractivity contribution in [2.75, 3.05) is 7.11 Å². The van der Waals surface area contributed by atoms with E-state index in [-0.39, 0.29) is 38.7 Å². The fraction of sp³-hybridized carbons (Fsp3) is 0.0476. The number of nitrogens with two attached hydrogens (primary N) is 1. The quantitative estimate of drug-likeness (QED) is 0.423. The first-order chi connectivity index (χ1) is 15.4. The Balaban J connectivity index is 1.99. The van der Waals surface area contributed by atoms with Gasteiger partial charge in [0.25, 0.3) is 0 Å². The molecule has 0 fully saturated rings. The molecule has 0 unspecified atom stereocenters. The van der Waals surface area contributed by atoms with E-state index >= 15 is 0 Å². The van der Waals surface area contributed by atoms with Gasteiger partial charge < -0.3 is 9.47 Å². The number of methoxy groups -OCH3 is 1. The Morgan fingerprint density at radius 1 is 0.875 bits per heavy atom. The second-order valence-electron chi connectivity index (χ2n) is 6.38. The van der Waals surface area contributed by atoms with Crippen molar-refractivity contribution in [3.05, 3.63) is 72.1 Å². The molecule has 0 saturated heterocycles. The highest BCUT2D eigenvalue weighted by Crippen LogP contribution is 2.42. The number of halogens is 1. The average molecular weight is 470 g/mol. The van der Waals surface area contributed by atoms with E-state index in [1.54, 1.807) is 48.5 Å². The predicted octanol–water partition coefficient (Wildman–Crippen LogP) is 3.70. The first kappa shape index (κ1) is 21.6. The van der Waals surface area contributed by atoms with Crippen LogP contribution in [0, 0.1) is 0 Å². The van der Waals surface area contributed by atoms with Gasteiger partial charge in [0.15, 0.2) is 34.1 Å². The van der Waals surface area contributed by atoms with E-state index in [9.17, 15) is 8.42 Å². The number of nitrogens with zero attached hydrogens (tertiary/aromatic N) is 4. The van der Waals surface area contributed by atoms with Gasteiger partial charge in [-0.3, -0.25) is 0 Å². The van der Waals surface area contributed by atoms with Crippen molar-refractivity contribution in [2.45, 2.75) is 4.90 Å². The molecule has 0 radical (unpaired) electrons. The molecule has 4 aromatic rings. The zero-order chi connectivity index (χ0) is 22.7. The van der Waals surface area contributed by atoms with Crippen LogP contribution < -0.4 is 14.6 Å². The Bertz CT molecular complexity index is 1380. The summed E-state index contributed by atoms with van der Waals surface area (Å²) < 4.78 is 35.9. The summed E-state index contributed by atoms with van der Waals surface area (Å²) in [6, 6.07) is 14.6.